The van der Waals surface area contributed by atoms with Crippen molar-refractivity contribution in [3.8, 4) is 22.4 Å². The van der Waals surface area contributed by atoms with Crippen LogP contribution in [0, 0.1) is 6.92 Å². The molecule has 2 aromatic carbocycles. The standard InChI is InChI=1S/C20H20N4O5S2/c1-12-9-19(23-31(25,26)18-11-14(28-3)6-8-16(18)29-4)24(22-12)20-21-15-7-5-13(27-2)10-17(15)30-20/h5-11,23H,1-4H3. The Balaban J connectivity index is 1.76. The molecule has 31 heavy (non-hydrogen) atoms. The summed E-state index contributed by atoms with van der Waals surface area (Å²) < 4.78 is 47.0. The van der Waals surface area contributed by atoms with Crippen molar-refractivity contribution in [2.45, 2.75) is 11.8 Å². The number of nitrogens with zero attached hydrogens (tertiary/aromatic N) is 3. The molecule has 0 aliphatic heterocycles. The van der Waals surface area contributed by atoms with Gasteiger partial charge >= 0.3 is 0 Å². The van der Waals surface area contributed by atoms with E-state index < -0.39 is 10.0 Å². The van der Waals surface area contributed by atoms with Crippen molar-refractivity contribution in [2.75, 3.05) is 26.1 Å². The zero-order chi connectivity index (χ0) is 22.2. The van der Waals surface area contributed by atoms with Crippen LogP contribution in [0.2, 0.25) is 0 Å². The molecular weight excluding hydrogens is 440 g/mol. The zero-order valence-corrected chi connectivity index (χ0v) is 18.9. The van der Waals surface area contributed by atoms with E-state index in [0.29, 0.717) is 22.3 Å². The van der Waals surface area contributed by atoms with Gasteiger partial charge in [0.15, 0.2) is 0 Å². The number of hydrogen-bond acceptors (Lipinski definition) is 8. The molecule has 0 amide bonds. The van der Waals surface area contributed by atoms with Gasteiger partial charge in [0.1, 0.15) is 28.0 Å². The minimum absolute atomic E-state index is 0.0474. The van der Waals surface area contributed by atoms with Gasteiger partial charge in [-0.05, 0) is 37.3 Å². The molecule has 0 radical (unpaired) electrons. The average molecular weight is 461 g/mol. The predicted molar refractivity (Wildman–Crippen MR) is 118 cm³/mol. The quantitative estimate of drug-likeness (QED) is 0.449. The molecule has 0 spiro atoms. The smallest absolute Gasteiger partial charge is 0.266 e. The third-order valence-corrected chi connectivity index (χ3v) is 6.87. The Bertz CT molecular complexity index is 1360. The van der Waals surface area contributed by atoms with Gasteiger partial charge in [0.2, 0.25) is 5.13 Å². The monoisotopic (exact) mass is 460 g/mol. The van der Waals surface area contributed by atoms with E-state index in [0.717, 1.165) is 10.2 Å². The van der Waals surface area contributed by atoms with E-state index in [2.05, 4.69) is 14.8 Å². The maximum absolute atomic E-state index is 13.2. The molecule has 0 fully saturated rings. The van der Waals surface area contributed by atoms with E-state index >= 15 is 0 Å². The van der Waals surface area contributed by atoms with Crippen LogP contribution >= 0.6 is 11.3 Å². The van der Waals surface area contributed by atoms with Gasteiger partial charge in [-0.2, -0.15) is 9.78 Å². The van der Waals surface area contributed by atoms with Crippen LogP contribution in [-0.2, 0) is 10.0 Å². The molecule has 2 aromatic heterocycles. The molecule has 0 unspecified atom stereocenters. The fourth-order valence-corrected chi connectivity index (χ4v) is 5.19. The van der Waals surface area contributed by atoms with Crippen LogP contribution in [-0.4, -0.2) is 44.5 Å². The van der Waals surface area contributed by atoms with Crippen LogP contribution in [0.3, 0.4) is 0 Å². The highest BCUT2D eigenvalue weighted by Crippen LogP contribution is 2.32. The van der Waals surface area contributed by atoms with Crippen LogP contribution in [0.1, 0.15) is 5.69 Å². The molecule has 0 aliphatic carbocycles. The predicted octanol–water partition coefficient (Wildman–Crippen LogP) is 3.62. The van der Waals surface area contributed by atoms with Crippen molar-refractivity contribution < 1.29 is 22.6 Å². The van der Waals surface area contributed by atoms with Crippen LogP contribution in [0.5, 0.6) is 17.2 Å². The van der Waals surface area contributed by atoms with Crippen molar-refractivity contribution in [1.29, 1.82) is 0 Å². The third-order valence-electron chi connectivity index (χ3n) is 4.50. The molecule has 2 heterocycles. The van der Waals surface area contributed by atoms with E-state index in [1.54, 1.807) is 26.2 Å². The summed E-state index contributed by atoms with van der Waals surface area (Å²) in [5, 5.41) is 4.94. The molecule has 0 bridgehead atoms. The minimum atomic E-state index is -4.01. The van der Waals surface area contributed by atoms with E-state index in [1.165, 1.54) is 42.4 Å². The van der Waals surface area contributed by atoms with E-state index in [-0.39, 0.29) is 16.5 Å². The van der Waals surface area contributed by atoms with Gasteiger partial charge < -0.3 is 14.2 Å². The van der Waals surface area contributed by atoms with Crippen molar-refractivity contribution in [1.82, 2.24) is 14.8 Å². The van der Waals surface area contributed by atoms with Crippen molar-refractivity contribution in [3.63, 3.8) is 0 Å². The van der Waals surface area contributed by atoms with Crippen molar-refractivity contribution >= 4 is 37.4 Å². The first-order valence-corrected chi connectivity index (χ1v) is 11.4. The van der Waals surface area contributed by atoms with Crippen LogP contribution < -0.4 is 18.9 Å². The number of rotatable bonds is 7. The molecule has 0 saturated heterocycles. The van der Waals surface area contributed by atoms with Gasteiger partial charge in [0, 0.05) is 12.1 Å². The van der Waals surface area contributed by atoms with Gasteiger partial charge in [-0.15, -0.1) is 0 Å². The highest BCUT2D eigenvalue weighted by Gasteiger charge is 2.24. The summed E-state index contributed by atoms with van der Waals surface area (Å²) >= 11 is 1.37. The van der Waals surface area contributed by atoms with Crippen LogP contribution in [0.15, 0.2) is 47.4 Å². The van der Waals surface area contributed by atoms with Gasteiger partial charge in [-0.25, -0.2) is 13.4 Å². The van der Waals surface area contributed by atoms with Gasteiger partial charge in [0.05, 0.1) is 37.2 Å². The molecular formula is C20H20N4O5S2. The molecule has 11 heteroatoms. The molecule has 4 rings (SSSR count). The number of benzene rings is 2. The fourth-order valence-electron chi connectivity index (χ4n) is 3.01. The largest absolute Gasteiger partial charge is 0.497 e. The van der Waals surface area contributed by atoms with Gasteiger partial charge in [-0.1, -0.05) is 11.3 Å². The Morgan fingerprint density at radius 1 is 0.968 bits per heavy atom. The first-order valence-electron chi connectivity index (χ1n) is 9.11. The molecule has 0 saturated carbocycles. The molecule has 0 atom stereocenters. The summed E-state index contributed by atoms with van der Waals surface area (Å²) in [4.78, 5) is 4.53. The Hall–Kier alpha value is -3.31. The highest BCUT2D eigenvalue weighted by molar-refractivity contribution is 7.92. The zero-order valence-electron chi connectivity index (χ0n) is 17.2. The second-order valence-electron chi connectivity index (χ2n) is 6.54. The highest BCUT2D eigenvalue weighted by atomic mass is 32.2. The number of nitrogens with one attached hydrogen (secondary N) is 1. The van der Waals surface area contributed by atoms with Gasteiger partial charge in [-0.3, -0.25) is 4.72 Å². The molecule has 0 aliphatic rings. The molecule has 1 N–H and O–H groups in total. The van der Waals surface area contributed by atoms with E-state index in [1.807, 2.05) is 18.2 Å². The maximum atomic E-state index is 13.2. The maximum Gasteiger partial charge on any atom is 0.266 e. The second kappa shape index (κ2) is 8.08. The van der Waals surface area contributed by atoms with Gasteiger partial charge in [0.25, 0.3) is 10.0 Å². The first kappa shape index (κ1) is 20.9. The topological polar surface area (TPSA) is 105 Å². The fraction of sp³-hybridized carbons (Fsp3) is 0.200. The lowest BCUT2D eigenvalue weighted by molar-refractivity contribution is 0.392. The summed E-state index contributed by atoms with van der Waals surface area (Å²) in [6.45, 7) is 1.77. The second-order valence-corrected chi connectivity index (χ2v) is 9.20. The number of ether oxygens (including phenoxy) is 3. The molecule has 4 aromatic rings. The lowest BCUT2D eigenvalue weighted by atomic mass is 10.3. The first-order chi connectivity index (χ1) is 14.8. The van der Waals surface area contributed by atoms with Crippen LogP contribution in [0.25, 0.3) is 15.3 Å². The number of aromatic nitrogens is 3. The van der Waals surface area contributed by atoms with Crippen LogP contribution in [0.4, 0.5) is 5.82 Å². The molecule has 9 nitrogen and oxygen atoms in total. The Labute approximate surface area is 183 Å². The number of hydrogen-bond donors (Lipinski definition) is 1. The normalized spacial score (nSPS) is 11.5. The van der Waals surface area contributed by atoms with Crippen molar-refractivity contribution in [3.05, 3.63) is 48.2 Å². The minimum Gasteiger partial charge on any atom is -0.497 e. The lowest BCUT2D eigenvalue weighted by Crippen LogP contribution is -2.17. The average Bonchev–Trinajstić information content (AvgIpc) is 3.34. The summed E-state index contributed by atoms with van der Waals surface area (Å²) in [6, 6.07) is 11.7. The van der Waals surface area contributed by atoms with Crippen molar-refractivity contribution in [2.24, 2.45) is 0 Å². The van der Waals surface area contributed by atoms with E-state index in [9.17, 15) is 8.42 Å². The lowest BCUT2D eigenvalue weighted by Gasteiger charge is -2.13. The number of thiazole rings is 1. The SMILES string of the molecule is COc1ccc(OC)c(S(=O)(=O)Nc2cc(C)nn2-c2nc3ccc(OC)cc3s2)c1. The third kappa shape index (κ3) is 4.01. The summed E-state index contributed by atoms with van der Waals surface area (Å²) in [6.07, 6.45) is 0. The number of methoxy groups -OCH3 is 3. The number of anilines is 1. The summed E-state index contributed by atoms with van der Waals surface area (Å²) in [5.41, 5.74) is 1.39. The number of fused-ring (bicyclic) bond motifs is 1. The molecule has 162 valence electrons. The Morgan fingerprint density at radius 3 is 2.39 bits per heavy atom. The number of sulfonamides is 1. The summed E-state index contributed by atoms with van der Waals surface area (Å²) in [7, 11) is 0.463. The Morgan fingerprint density at radius 2 is 1.68 bits per heavy atom. The van der Waals surface area contributed by atoms with E-state index in [4.69, 9.17) is 14.2 Å². The Kier molecular flexibility index (Phi) is 5.46. The summed E-state index contributed by atoms with van der Waals surface area (Å²) in [5.74, 6) is 1.56. The number of aryl methyl sites for hydroxylation is 1.